The van der Waals surface area contributed by atoms with E-state index in [-0.39, 0.29) is 0 Å². The van der Waals surface area contributed by atoms with Gasteiger partial charge in [0.2, 0.25) is 0 Å². The van der Waals surface area contributed by atoms with Crippen LogP contribution in [0.3, 0.4) is 0 Å². The molecule has 0 aromatic heterocycles. The van der Waals surface area contributed by atoms with Crippen LogP contribution in [0.25, 0.3) is 0 Å². The summed E-state index contributed by atoms with van der Waals surface area (Å²) in [6.45, 7) is 4.83. The first kappa shape index (κ1) is 18.0. The van der Waals surface area contributed by atoms with E-state index in [1.807, 2.05) is 0 Å². The zero-order valence-electron chi connectivity index (χ0n) is 13.0. The van der Waals surface area contributed by atoms with Gasteiger partial charge in [0.1, 0.15) is 0 Å². The highest BCUT2D eigenvalue weighted by Crippen LogP contribution is 2.51. The van der Waals surface area contributed by atoms with Crippen LogP contribution in [0.1, 0.15) is 58.3 Å². The molecule has 2 atom stereocenters. The monoisotopic (exact) mass is 299 g/mol. The van der Waals surface area contributed by atoms with Crippen LogP contribution in [0.4, 0.5) is 0 Å². The number of nitrogens with one attached hydrogen (secondary N) is 1. The standard InChI is InChI=1S/C8H17N.C6H10.C2H2O4/c1-2-3-4-5-8-6-9-7-8;1-2-5-4-6(5)3-1;3-1(4)2(5)6/h8-9H,2-7H2,1H3;5-6H,1-4H2;(H,3,4)(H,5,6). The number of carboxylic acids is 2. The summed E-state index contributed by atoms with van der Waals surface area (Å²) in [5.41, 5.74) is 0. The lowest BCUT2D eigenvalue weighted by Crippen LogP contribution is -2.41. The van der Waals surface area contributed by atoms with Crippen molar-refractivity contribution >= 4 is 11.9 Å². The molecule has 1 aliphatic heterocycles. The van der Waals surface area contributed by atoms with Gasteiger partial charge in [0, 0.05) is 0 Å². The number of fused-ring (bicyclic) bond motifs is 1. The van der Waals surface area contributed by atoms with Gasteiger partial charge in [0.25, 0.3) is 0 Å². The van der Waals surface area contributed by atoms with Gasteiger partial charge in [0.15, 0.2) is 0 Å². The van der Waals surface area contributed by atoms with Gasteiger partial charge in [-0.05, 0) is 43.7 Å². The van der Waals surface area contributed by atoms with Crippen LogP contribution in [0, 0.1) is 17.8 Å². The SMILES string of the molecule is C1CC2CC2C1.CCCCCC1CNC1.O=C(O)C(=O)O. The summed E-state index contributed by atoms with van der Waals surface area (Å²) < 4.78 is 0. The fourth-order valence-corrected chi connectivity index (χ4v) is 2.90. The van der Waals surface area contributed by atoms with E-state index >= 15 is 0 Å². The van der Waals surface area contributed by atoms with E-state index in [9.17, 15) is 0 Å². The van der Waals surface area contributed by atoms with Crippen molar-refractivity contribution in [2.24, 2.45) is 17.8 Å². The van der Waals surface area contributed by atoms with Gasteiger partial charge in [-0.15, -0.1) is 0 Å². The second-order valence-electron chi connectivity index (χ2n) is 6.32. The minimum atomic E-state index is -1.82. The summed E-state index contributed by atoms with van der Waals surface area (Å²) in [6.07, 6.45) is 11.9. The second kappa shape index (κ2) is 9.77. The van der Waals surface area contributed by atoms with Crippen LogP contribution in [-0.4, -0.2) is 35.2 Å². The molecule has 0 spiro atoms. The highest BCUT2D eigenvalue weighted by molar-refractivity contribution is 6.27. The summed E-state index contributed by atoms with van der Waals surface area (Å²) in [5.74, 6) is -0.198. The quantitative estimate of drug-likeness (QED) is 0.549. The number of unbranched alkanes of at least 4 members (excludes halogenated alkanes) is 2. The summed E-state index contributed by atoms with van der Waals surface area (Å²) >= 11 is 0. The number of hydrogen-bond donors (Lipinski definition) is 3. The Morgan fingerprint density at radius 3 is 1.86 bits per heavy atom. The number of aliphatic carboxylic acids is 2. The Labute approximate surface area is 127 Å². The highest BCUT2D eigenvalue weighted by Gasteiger charge is 2.40. The van der Waals surface area contributed by atoms with Gasteiger partial charge in [-0.2, -0.15) is 0 Å². The Kier molecular flexibility index (Phi) is 8.35. The van der Waals surface area contributed by atoms with Crippen molar-refractivity contribution in [2.45, 2.75) is 58.3 Å². The molecule has 122 valence electrons. The Hall–Kier alpha value is -1.10. The molecule has 3 N–H and O–H groups in total. The summed E-state index contributed by atoms with van der Waals surface area (Å²) in [5, 5.41) is 18.1. The molecule has 5 nitrogen and oxygen atoms in total. The highest BCUT2D eigenvalue weighted by atomic mass is 16.4. The number of carbonyl (C=O) groups is 2. The first-order valence-corrected chi connectivity index (χ1v) is 8.21. The van der Waals surface area contributed by atoms with E-state index in [1.54, 1.807) is 19.3 Å². The first-order chi connectivity index (χ1) is 10.0. The molecule has 0 aromatic carbocycles. The third kappa shape index (κ3) is 8.05. The second-order valence-corrected chi connectivity index (χ2v) is 6.32. The Morgan fingerprint density at radius 1 is 1.05 bits per heavy atom. The first-order valence-electron chi connectivity index (χ1n) is 8.21. The molecule has 5 heteroatoms. The zero-order valence-corrected chi connectivity index (χ0v) is 13.0. The predicted molar refractivity (Wildman–Crippen MR) is 81.2 cm³/mol. The lowest BCUT2D eigenvalue weighted by atomic mass is 9.96. The third-order valence-electron chi connectivity index (χ3n) is 4.48. The maximum atomic E-state index is 9.10. The molecule has 2 saturated carbocycles. The summed E-state index contributed by atoms with van der Waals surface area (Å²) in [6, 6.07) is 0. The van der Waals surface area contributed by atoms with Crippen molar-refractivity contribution in [1.29, 1.82) is 0 Å². The van der Waals surface area contributed by atoms with Crippen molar-refractivity contribution in [2.75, 3.05) is 13.1 Å². The number of hydrogen-bond acceptors (Lipinski definition) is 3. The smallest absolute Gasteiger partial charge is 0.414 e. The van der Waals surface area contributed by atoms with Gasteiger partial charge >= 0.3 is 11.9 Å². The lowest BCUT2D eigenvalue weighted by molar-refractivity contribution is -0.159. The van der Waals surface area contributed by atoms with Crippen molar-refractivity contribution in [3.05, 3.63) is 0 Å². The molecule has 0 aromatic rings. The maximum Gasteiger partial charge on any atom is 0.414 e. The van der Waals surface area contributed by atoms with E-state index in [0.29, 0.717) is 0 Å². The summed E-state index contributed by atoms with van der Waals surface area (Å²) in [7, 11) is 0. The molecule has 1 heterocycles. The minimum absolute atomic E-state index is 1.02. The van der Waals surface area contributed by atoms with E-state index in [1.165, 1.54) is 57.0 Å². The average Bonchev–Trinajstić information content (AvgIpc) is 3.00. The molecule has 3 aliphatic rings. The molecule has 0 bridgehead atoms. The Bertz CT molecular complexity index is 308. The van der Waals surface area contributed by atoms with Crippen LogP contribution in [0.15, 0.2) is 0 Å². The molecule has 2 aliphatic carbocycles. The third-order valence-corrected chi connectivity index (χ3v) is 4.48. The molecular formula is C16H29NO4. The van der Waals surface area contributed by atoms with E-state index in [4.69, 9.17) is 19.8 Å². The van der Waals surface area contributed by atoms with E-state index in [2.05, 4.69) is 12.2 Å². The molecule has 0 radical (unpaired) electrons. The molecule has 3 rings (SSSR count). The lowest BCUT2D eigenvalue weighted by Gasteiger charge is -2.26. The summed E-state index contributed by atoms with van der Waals surface area (Å²) in [4.78, 5) is 18.2. The van der Waals surface area contributed by atoms with Gasteiger partial charge in [-0.1, -0.05) is 45.4 Å². The molecule has 21 heavy (non-hydrogen) atoms. The van der Waals surface area contributed by atoms with Crippen molar-refractivity contribution in [1.82, 2.24) is 5.32 Å². The number of carboxylic acid groups (broad SMARTS) is 2. The predicted octanol–water partition coefficient (Wildman–Crippen LogP) is 2.75. The van der Waals surface area contributed by atoms with Gasteiger partial charge in [0.05, 0.1) is 0 Å². The van der Waals surface area contributed by atoms with Crippen LogP contribution in [0.2, 0.25) is 0 Å². The van der Waals surface area contributed by atoms with Gasteiger partial charge in [-0.3, -0.25) is 0 Å². The van der Waals surface area contributed by atoms with Gasteiger partial charge in [-0.25, -0.2) is 9.59 Å². The minimum Gasteiger partial charge on any atom is -0.473 e. The fraction of sp³-hybridized carbons (Fsp3) is 0.875. The average molecular weight is 299 g/mol. The molecule has 3 fully saturated rings. The van der Waals surface area contributed by atoms with E-state index in [0.717, 1.165) is 5.92 Å². The van der Waals surface area contributed by atoms with Crippen LogP contribution < -0.4 is 5.32 Å². The normalized spacial score (nSPS) is 25.4. The fourth-order valence-electron chi connectivity index (χ4n) is 2.90. The topological polar surface area (TPSA) is 86.6 Å². The van der Waals surface area contributed by atoms with Crippen molar-refractivity contribution < 1.29 is 19.8 Å². The largest absolute Gasteiger partial charge is 0.473 e. The molecule has 1 saturated heterocycles. The van der Waals surface area contributed by atoms with Gasteiger partial charge < -0.3 is 15.5 Å². The van der Waals surface area contributed by atoms with Crippen LogP contribution in [-0.2, 0) is 9.59 Å². The van der Waals surface area contributed by atoms with E-state index < -0.39 is 11.9 Å². The Morgan fingerprint density at radius 2 is 1.62 bits per heavy atom. The molecular weight excluding hydrogens is 270 g/mol. The van der Waals surface area contributed by atoms with Crippen molar-refractivity contribution in [3.8, 4) is 0 Å². The van der Waals surface area contributed by atoms with Crippen LogP contribution in [0.5, 0.6) is 0 Å². The van der Waals surface area contributed by atoms with Crippen LogP contribution >= 0.6 is 0 Å². The molecule has 2 unspecified atom stereocenters. The molecule has 0 amide bonds. The zero-order chi connectivity index (χ0) is 15.7. The van der Waals surface area contributed by atoms with Crippen molar-refractivity contribution in [3.63, 3.8) is 0 Å². The Balaban J connectivity index is 0.000000163. The maximum absolute atomic E-state index is 9.10. The number of rotatable bonds is 4.